The third kappa shape index (κ3) is 2.83. The smallest absolute Gasteiger partial charge is 0.337 e. The summed E-state index contributed by atoms with van der Waals surface area (Å²) in [6.07, 6.45) is 0. The average molecular weight is 331 g/mol. The monoisotopic (exact) mass is 331 g/mol. The van der Waals surface area contributed by atoms with Crippen molar-refractivity contribution in [1.29, 1.82) is 0 Å². The summed E-state index contributed by atoms with van der Waals surface area (Å²) in [6, 6.07) is 21.5. The number of rotatable bonds is 4. The van der Waals surface area contributed by atoms with Crippen LogP contribution in [-0.4, -0.2) is 18.1 Å². The van der Waals surface area contributed by atoms with Gasteiger partial charge in [-0.15, -0.1) is 0 Å². The zero-order valence-electron chi connectivity index (χ0n) is 13.8. The molecule has 0 atom stereocenters. The zero-order valence-corrected chi connectivity index (χ0v) is 13.8. The minimum atomic E-state index is -0.346. The Morgan fingerprint density at radius 3 is 2.60 bits per heavy atom. The fraction of sp³-hybridized carbons (Fsp3) is 0.0952. The number of methoxy groups -OCH3 is 1. The maximum atomic E-state index is 11.7. The molecule has 0 aliphatic carbocycles. The van der Waals surface area contributed by atoms with Gasteiger partial charge in [-0.25, -0.2) is 4.79 Å². The number of hydrogen-bond donors (Lipinski definition) is 1. The number of fused-ring (bicyclic) bond motifs is 3. The van der Waals surface area contributed by atoms with Crippen LogP contribution in [0.3, 0.4) is 0 Å². The number of H-pyrrole nitrogens is 1. The number of aromatic amines is 1. The fourth-order valence-corrected chi connectivity index (χ4v) is 3.02. The van der Waals surface area contributed by atoms with Gasteiger partial charge in [0.1, 0.15) is 12.4 Å². The lowest BCUT2D eigenvalue weighted by atomic mass is 10.1. The van der Waals surface area contributed by atoms with Gasteiger partial charge in [0.2, 0.25) is 0 Å². The first-order valence-electron chi connectivity index (χ1n) is 8.06. The van der Waals surface area contributed by atoms with Crippen molar-refractivity contribution < 1.29 is 14.3 Å². The predicted octanol–water partition coefficient (Wildman–Crippen LogP) is 4.69. The molecular formula is C21H17NO3. The number of aromatic nitrogens is 1. The third-order valence-corrected chi connectivity index (χ3v) is 4.24. The highest BCUT2D eigenvalue weighted by atomic mass is 16.5. The van der Waals surface area contributed by atoms with Gasteiger partial charge in [-0.3, -0.25) is 0 Å². The molecule has 1 N–H and O–H groups in total. The molecule has 124 valence electrons. The molecule has 0 saturated carbocycles. The van der Waals surface area contributed by atoms with E-state index in [0.29, 0.717) is 12.2 Å². The third-order valence-electron chi connectivity index (χ3n) is 4.24. The zero-order chi connectivity index (χ0) is 17.2. The average Bonchev–Trinajstić information content (AvgIpc) is 3.04. The summed E-state index contributed by atoms with van der Waals surface area (Å²) in [5, 5.41) is 2.04. The topological polar surface area (TPSA) is 51.3 Å². The van der Waals surface area contributed by atoms with Crippen molar-refractivity contribution in [3.05, 3.63) is 77.9 Å². The van der Waals surface area contributed by atoms with E-state index in [4.69, 9.17) is 9.47 Å². The lowest BCUT2D eigenvalue weighted by Gasteiger charge is -2.08. The molecule has 0 saturated heterocycles. The Labute approximate surface area is 145 Å². The van der Waals surface area contributed by atoms with Crippen LogP contribution in [0.4, 0.5) is 0 Å². The molecule has 4 aromatic rings. The molecule has 0 spiro atoms. The Morgan fingerprint density at radius 1 is 0.960 bits per heavy atom. The van der Waals surface area contributed by atoms with E-state index in [1.165, 1.54) is 7.11 Å². The van der Waals surface area contributed by atoms with Crippen LogP contribution in [0.15, 0.2) is 66.7 Å². The van der Waals surface area contributed by atoms with Gasteiger partial charge in [0, 0.05) is 16.3 Å². The lowest BCUT2D eigenvalue weighted by molar-refractivity contribution is 0.0601. The van der Waals surface area contributed by atoms with Crippen molar-refractivity contribution in [1.82, 2.24) is 4.98 Å². The maximum absolute atomic E-state index is 11.7. The molecule has 1 aromatic heterocycles. The molecule has 0 aliphatic rings. The van der Waals surface area contributed by atoms with E-state index in [1.807, 2.05) is 60.7 Å². The van der Waals surface area contributed by atoms with Crippen molar-refractivity contribution >= 4 is 27.8 Å². The van der Waals surface area contributed by atoms with Crippen LogP contribution in [-0.2, 0) is 11.3 Å². The second kappa shape index (κ2) is 6.32. The number of carbonyl (C=O) groups is 1. The van der Waals surface area contributed by atoms with Crippen LogP contribution in [0.2, 0.25) is 0 Å². The predicted molar refractivity (Wildman–Crippen MR) is 97.9 cm³/mol. The van der Waals surface area contributed by atoms with Gasteiger partial charge in [0.15, 0.2) is 0 Å². The molecule has 25 heavy (non-hydrogen) atoms. The Kier molecular flexibility index (Phi) is 3.86. The first kappa shape index (κ1) is 15.3. The Balaban J connectivity index is 1.76. The van der Waals surface area contributed by atoms with Crippen LogP contribution in [0.5, 0.6) is 5.75 Å². The summed E-state index contributed by atoms with van der Waals surface area (Å²) in [5.41, 5.74) is 3.50. The van der Waals surface area contributed by atoms with Gasteiger partial charge in [0.05, 0.1) is 18.2 Å². The second-order valence-electron chi connectivity index (χ2n) is 5.83. The summed E-state index contributed by atoms with van der Waals surface area (Å²) in [4.78, 5) is 15.1. The number of esters is 1. The SMILES string of the molecule is COC(=O)c1ccc2c(c1)[nH]c1cccc(OCc3ccccc3)c12. The van der Waals surface area contributed by atoms with Crippen molar-refractivity contribution in [3.63, 3.8) is 0 Å². The van der Waals surface area contributed by atoms with E-state index >= 15 is 0 Å². The number of nitrogens with one attached hydrogen (secondary N) is 1. The Hall–Kier alpha value is -3.27. The molecule has 4 heteroatoms. The highest BCUT2D eigenvalue weighted by Crippen LogP contribution is 2.34. The van der Waals surface area contributed by atoms with Crippen LogP contribution >= 0.6 is 0 Å². The molecule has 0 aliphatic heterocycles. The highest BCUT2D eigenvalue weighted by molar-refractivity contribution is 6.11. The molecule has 1 heterocycles. The largest absolute Gasteiger partial charge is 0.488 e. The molecular weight excluding hydrogens is 314 g/mol. The summed E-state index contributed by atoms with van der Waals surface area (Å²) in [6.45, 7) is 0.507. The van der Waals surface area contributed by atoms with E-state index in [1.54, 1.807) is 6.07 Å². The van der Waals surface area contributed by atoms with E-state index in [-0.39, 0.29) is 5.97 Å². The molecule has 0 unspecified atom stereocenters. The molecule has 3 aromatic carbocycles. The maximum Gasteiger partial charge on any atom is 0.337 e. The molecule has 0 amide bonds. The lowest BCUT2D eigenvalue weighted by Crippen LogP contribution is -2.00. The molecule has 0 radical (unpaired) electrons. The van der Waals surface area contributed by atoms with Gasteiger partial charge in [0.25, 0.3) is 0 Å². The molecule has 4 nitrogen and oxygen atoms in total. The highest BCUT2D eigenvalue weighted by Gasteiger charge is 2.13. The van der Waals surface area contributed by atoms with E-state index in [2.05, 4.69) is 4.98 Å². The van der Waals surface area contributed by atoms with E-state index in [9.17, 15) is 4.79 Å². The number of carbonyl (C=O) groups excluding carboxylic acids is 1. The first-order chi connectivity index (χ1) is 12.3. The van der Waals surface area contributed by atoms with E-state index in [0.717, 1.165) is 33.1 Å². The second-order valence-corrected chi connectivity index (χ2v) is 5.83. The van der Waals surface area contributed by atoms with Crippen molar-refractivity contribution in [2.45, 2.75) is 6.61 Å². The normalized spacial score (nSPS) is 10.9. The van der Waals surface area contributed by atoms with Gasteiger partial charge < -0.3 is 14.5 Å². The summed E-state index contributed by atoms with van der Waals surface area (Å²) in [5.74, 6) is 0.472. The molecule has 4 rings (SSSR count). The number of ether oxygens (including phenoxy) is 2. The fourth-order valence-electron chi connectivity index (χ4n) is 3.02. The van der Waals surface area contributed by atoms with E-state index < -0.39 is 0 Å². The quantitative estimate of drug-likeness (QED) is 0.552. The van der Waals surface area contributed by atoms with Gasteiger partial charge in [-0.2, -0.15) is 0 Å². The molecule has 0 bridgehead atoms. The summed E-state index contributed by atoms with van der Waals surface area (Å²) >= 11 is 0. The minimum Gasteiger partial charge on any atom is -0.488 e. The van der Waals surface area contributed by atoms with Crippen LogP contribution in [0.25, 0.3) is 21.8 Å². The number of benzene rings is 3. The Bertz CT molecular complexity index is 1050. The first-order valence-corrected chi connectivity index (χ1v) is 8.06. The minimum absolute atomic E-state index is 0.346. The van der Waals surface area contributed by atoms with Crippen LogP contribution in [0, 0.1) is 0 Å². The standard InChI is InChI=1S/C21H17NO3/c1-24-21(23)15-10-11-16-18(12-15)22-17-8-5-9-19(20(16)17)25-13-14-6-3-2-4-7-14/h2-12,22H,13H2,1H3. The summed E-state index contributed by atoms with van der Waals surface area (Å²) in [7, 11) is 1.38. The van der Waals surface area contributed by atoms with Gasteiger partial charge in [-0.1, -0.05) is 42.5 Å². The van der Waals surface area contributed by atoms with Gasteiger partial charge in [-0.05, 0) is 29.8 Å². The van der Waals surface area contributed by atoms with Crippen LogP contribution < -0.4 is 4.74 Å². The van der Waals surface area contributed by atoms with Crippen molar-refractivity contribution in [2.75, 3.05) is 7.11 Å². The van der Waals surface area contributed by atoms with Crippen molar-refractivity contribution in [2.24, 2.45) is 0 Å². The summed E-state index contributed by atoms with van der Waals surface area (Å²) < 4.78 is 10.9. The number of hydrogen-bond acceptors (Lipinski definition) is 3. The Morgan fingerprint density at radius 2 is 1.80 bits per heavy atom. The van der Waals surface area contributed by atoms with Gasteiger partial charge >= 0.3 is 5.97 Å². The van der Waals surface area contributed by atoms with Crippen molar-refractivity contribution in [3.8, 4) is 5.75 Å². The molecule has 0 fully saturated rings. The van der Waals surface area contributed by atoms with Crippen LogP contribution in [0.1, 0.15) is 15.9 Å².